The van der Waals surface area contributed by atoms with Crippen molar-refractivity contribution in [2.75, 3.05) is 0 Å². The van der Waals surface area contributed by atoms with E-state index < -0.39 is 0 Å². The van der Waals surface area contributed by atoms with Gasteiger partial charge in [0.2, 0.25) is 0 Å². The summed E-state index contributed by atoms with van der Waals surface area (Å²) in [5, 5.41) is 9.37. The quantitative estimate of drug-likeness (QED) is 0.824. The number of pyridine rings is 1. The number of phenols is 1. The summed E-state index contributed by atoms with van der Waals surface area (Å²) in [7, 11) is 0. The average Bonchev–Trinajstić information content (AvgIpc) is 2.42. The third-order valence-electron chi connectivity index (χ3n) is 3.12. The van der Waals surface area contributed by atoms with Crippen molar-refractivity contribution in [3.8, 4) is 5.75 Å². The minimum Gasteiger partial charge on any atom is -0.508 e. The summed E-state index contributed by atoms with van der Waals surface area (Å²) in [6.45, 7) is 4.14. The van der Waals surface area contributed by atoms with Gasteiger partial charge in [0.05, 0.1) is 5.69 Å². The topological polar surface area (TPSA) is 33.1 Å². The molecule has 2 heteroatoms. The normalized spacial score (nSPS) is 13.3. The zero-order valence-corrected chi connectivity index (χ0v) is 10.7. The molecule has 0 aliphatic rings. The molecule has 18 heavy (non-hydrogen) atoms. The van der Waals surface area contributed by atoms with Crippen molar-refractivity contribution in [2.24, 2.45) is 0 Å². The maximum atomic E-state index is 9.37. The molecule has 0 aliphatic heterocycles. The van der Waals surface area contributed by atoms with Crippen molar-refractivity contribution in [2.45, 2.75) is 19.8 Å². The predicted molar refractivity (Wildman–Crippen MR) is 73.6 cm³/mol. The van der Waals surface area contributed by atoms with Crippen LogP contribution in [0, 0.1) is 0 Å². The van der Waals surface area contributed by atoms with Gasteiger partial charge in [-0.15, -0.1) is 0 Å². The first-order valence-electron chi connectivity index (χ1n) is 6.05. The summed E-state index contributed by atoms with van der Waals surface area (Å²) < 4.78 is 0. The molecular formula is C16H17NO. The van der Waals surface area contributed by atoms with Crippen LogP contribution in [0.2, 0.25) is 0 Å². The predicted octanol–water partition coefficient (Wildman–Crippen LogP) is 3.89. The molecule has 1 atom stereocenters. The fourth-order valence-electron chi connectivity index (χ4n) is 2.05. The van der Waals surface area contributed by atoms with Crippen LogP contribution in [-0.2, 0) is 0 Å². The van der Waals surface area contributed by atoms with Gasteiger partial charge in [0.1, 0.15) is 5.75 Å². The highest BCUT2D eigenvalue weighted by atomic mass is 16.3. The van der Waals surface area contributed by atoms with Crippen LogP contribution in [0.15, 0.2) is 60.3 Å². The van der Waals surface area contributed by atoms with E-state index in [4.69, 9.17) is 0 Å². The highest BCUT2D eigenvalue weighted by molar-refractivity contribution is 5.39. The van der Waals surface area contributed by atoms with Crippen molar-refractivity contribution >= 4 is 0 Å². The first-order chi connectivity index (χ1) is 8.72. The summed E-state index contributed by atoms with van der Waals surface area (Å²) in [6, 6.07) is 13.3. The van der Waals surface area contributed by atoms with Crippen LogP contribution in [0.5, 0.6) is 5.75 Å². The third kappa shape index (κ3) is 2.59. The van der Waals surface area contributed by atoms with E-state index in [2.05, 4.69) is 18.0 Å². The van der Waals surface area contributed by atoms with Crippen LogP contribution in [0.1, 0.15) is 31.0 Å². The van der Waals surface area contributed by atoms with Gasteiger partial charge >= 0.3 is 0 Å². The average molecular weight is 239 g/mol. The van der Waals surface area contributed by atoms with Gasteiger partial charge in [-0.3, -0.25) is 4.98 Å². The molecule has 0 saturated heterocycles. The lowest BCUT2D eigenvalue weighted by Gasteiger charge is -2.18. The summed E-state index contributed by atoms with van der Waals surface area (Å²) in [4.78, 5) is 4.44. The molecule has 92 valence electrons. The minimum atomic E-state index is 0.150. The molecule has 0 saturated carbocycles. The van der Waals surface area contributed by atoms with Gasteiger partial charge in [0.25, 0.3) is 0 Å². The number of benzene rings is 1. The van der Waals surface area contributed by atoms with Crippen LogP contribution in [0.4, 0.5) is 0 Å². The molecule has 0 aliphatic carbocycles. The molecular weight excluding hydrogens is 222 g/mol. The van der Waals surface area contributed by atoms with Crippen molar-refractivity contribution in [1.29, 1.82) is 0 Å². The monoisotopic (exact) mass is 239 g/mol. The number of phenolic OH excluding ortho intramolecular Hbond substituents is 1. The van der Waals surface area contributed by atoms with Crippen molar-refractivity contribution < 1.29 is 5.11 Å². The first kappa shape index (κ1) is 12.4. The Kier molecular flexibility index (Phi) is 3.78. The highest BCUT2D eigenvalue weighted by Crippen LogP contribution is 2.30. The summed E-state index contributed by atoms with van der Waals surface area (Å²) in [6.07, 6.45) is 3.91. The smallest absolute Gasteiger partial charge is 0.115 e. The van der Waals surface area contributed by atoms with Crippen molar-refractivity contribution in [3.05, 3.63) is 71.6 Å². The number of nitrogens with zero attached hydrogens (tertiary/aromatic N) is 1. The lowest BCUT2D eigenvalue weighted by molar-refractivity contribution is 0.475. The maximum Gasteiger partial charge on any atom is 0.115 e. The second kappa shape index (κ2) is 5.50. The summed E-state index contributed by atoms with van der Waals surface area (Å²) >= 11 is 0. The molecule has 0 radical (unpaired) electrons. The molecule has 0 fully saturated rings. The largest absolute Gasteiger partial charge is 0.508 e. The Morgan fingerprint density at radius 2 is 1.89 bits per heavy atom. The summed E-state index contributed by atoms with van der Waals surface area (Å²) in [5.74, 6) is 0.438. The van der Waals surface area contributed by atoms with E-state index in [1.54, 1.807) is 12.1 Å². The molecule has 0 spiro atoms. The molecule has 2 rings (SSSR count). The number of allylic oxidation sites excluding steroid dienone is 2. The first-order valence-corrected chi connectivity index (χ1v) is 6.05. The maximum absolute atomic E-state index is 9.37. The fraction of sp³-hybridized carbons (Fsp3) is 0.188. The number of hydrogen-bond donors (Lipinski definition) is 1. The zero-order valence-electron chi connectivity index (χ0n) is 10.7. The lowest BCUT2D eigenvalue weighted by Crippen LogP contribution is -2.04. The minimum absolute atomic E-state index is 0.150. The van der Waals surface area contributed by atoms with Crippen molar-refractivity contribution in [1.82, 2.24) is 4.98 Å². The van der Waals surface area contributed by atoms with Gasteiger partial charge in [-0.2, -0.15) is 0 Å². The molecule has 1 aromatic carbocycles. The second-order valence-electron chi connectivity index (χ2n) is 4.31. The Labute approximate surface area is 108 Å². The third-order valence-corrected chi connectivity index (χ3v) is 3.12. The Bertz CT molecular complexity index is 529. The number of aromatic hydroxyl groups is 1. The van der Waals surface area contributed by atoms with E-state index in [1.165, 1.54) is 5.57 Å². The summed E-state index contributed by atoms with van der Waals surface area (Å²) in [5.41, 5.74) is 3.42. The molecule has 1 aromatic heterocycles. The standard InChI is InChI=1S/C16H17NO/c1-3-12(2)16(15-6-4-5-11-17-15)13-7-9-14(18)10-8-13/h3-11,16,18H,1-2H3. The molecule has 0 bridgehead atoms. The molecule has 1 N–H and O–H groups in total. The lowest BCUT2D eigenvalue weighted by atomic mass is 9.88. The molecule has 1 unspecified atom stereocenters. The van der Waals surface area contributed by atoms with E-state index in [9.17, 15) is 5.11 Å². The highest BCUT2D eigenvalue weighted by Gasteiger charge is 2.16. The van der Waals surface area contributed by atoms with Gasteiger partial charge < -0.3 is 5.11 Å². The fourth-order valence-corrected chi connectivity index (χ4v) is 2.05. The Morgan fingerprint density at radius 3 is 2.44 bits per heavy atom. The van der Waals surface area contributed by atoms with Gasteiger partial charge in [-0.25, -0.2) is 0 Å². The van der Waals surface area contributed by atoms with Gasteiger partial charge in [-0.05, 0) is 43.7 Å². The van der Waals surface area contributed by atoms with Crippen LogP contribution >= 0.6 is 0 Å². The van der Waals surface area contributed by atoms with E-state index in [0.717, 1.165) is 11.3 Å². The Hall–Kier alpha value is -2.09. The van der Waals surface area contributed by atoms with Crippen molar-refractivity contribution in [3.63, 3.8) is 0 Å². The van der Waals surface area contributed by atoms with Crippen LogP contribution < -0.4 is 0 Å². The van der Waals surface area contributed by atoms with Gasteiger partial charge in [0, 0.05) is 12.1 Å². The number of hydrogen-bond acceptors (Lipinski definition) is 2. The Balaban J connectivity index is 2.47. The van der Waals surface area contributed by atoms with E-state index in [-0.39, 0.29) is 11.7 Å². The van der Waals surface area contributed by atoms with Crippen LogP contribution in [0.25, 0.3) is 0 Å². The van der Waals surface area contributed by atoms with Gasteiger partial charge in [-0.1, -0.05) is 29.8 Å². The van der Waals surface area contributed by atoms with E-state index in [0.29, 0.717) is 0 Å². The van der Waals surface area contributed by atoms with Crippen LogP contribution in [-0.4, -0.2) is 10.1 Å². The zero-order chi connectivity index (χ0) is 13.0. The number of aromatic nitrogens is 1. The second-order valence-corrected chi connectivity index (χ2v) is 4.31. The van der Waals surface area contributed by atoms with Gasteiger partial charge in [0.15, 0.2) is 0 Å². The molecule has 0 amide bonds. The molecule has 2 nitrogen and oxygen atoms in total. The number of rotatable bonds is 3. The van der Waals surface area contributed by atoms with Crippen LogP contribution in [0.3, 0.4) is 0 Å². The van der Waals surface area contributed by atoms with E-state index >= 15 is 0 Å². The SMILES string of the molecule is CC=C(C)C(c1ccc(O)cc1)c1ccccn1. The molecule has 2 aromatic rings. The Morgan fingerprint density at radius 1 is 1.17 bits per heavy atom. The van der Waals surface area contributed by atoms with E-state index in [1.807, 2.05) is 43.5 Å². The molecule has 1 heterocycles.